The summed E-state index contributed by atoms with van der Waals surface area (Å²) in [5.74, 6) is 0. The molecule has 0 radical (unpaired) electrons. The van der Waals surface area contributed by atoms with Crippen molar-refractivity contribution in [1.29, 1.82) is 0 Å². The third-order valence-electron chi connectivity index (χ3n) is 1.10. The van der Waals surface area contributed by atoms with Gasteiger partial charge in [-0.2, -0.15) is 0 Å². The van der Waals surface area contributed by atoms with Gasteiger partial charge in [-0.15, -0.1) is 0 Å². The highest BCUT2D eigenvalue weighted by atomic mass is 79.9. The largest absolute Gasteiger partial charge is 0.227 e. The molecular formula is C6H4BrClO2S. The van der Waals surface area contributed by atoms with E-state index in [0.29, 0.717) is 4.47 Å². The maximum absolute atomic E-state index is 10.5. The number of rotatable bonds is 1. The van der Waals surface area contributed by atoms with Crippen molar-refractivity contribution in [2.24, 2.45) is 0 Å². The molecule has 60 valence electrons. The van der Waals surface area contributed by atoms with Gasteiger partial charge in [0.2, 0.25) is 0 Å². The van der Waals surface area contributed by atoms with Crippen LogP contribution in [0.15, 0.2) is 27.6 Å². The molecule has 0 bridgehead atoms. The molecular weight excluding hydrogens is 251 g/mol. The van der Waals surface area contributed by atoms with Gasteiger partial charge in [-0.3, -0.25) is 0 Å². The van der Waals surface area contributed by atoms with Crippen LogP contribution in [0, 0.1) is 0 Å². The lowest BCUT2D eigenvalue weighted by Crippen LogP contribution is -1.81. The minimum Gasteiger partial charge on any atom is -0.227 e. The Balaban J connectivity index is 3.35. The molecule has 5 heteroatoms. The zero-order chi connectivity index (χ0) is 8.43. The van der Waals surface area contributed by atoms with Crippen LogP contribution in [0.25, 0.3) is 0 Å². The van der Waals surface area contributed by atoms with Gasteiger partial charge < -0.3 is 0 Å². The van der Waals surface area contributed by atoms with E-state index < -0.39 is 10.7 Å². The Labute approximate surface area is 79.3 Å². The Morgan fingerprint density at radius 3 is 2.45 bits per heavy atom. The Morgan fingerprint density at radius 2 is 2.00 bits per heavy atom. The Hall–Kier alpha value is -0.0600. The molecule has 0 fully saturated rings. The molecule has 0 aliphatic carbocycles. The van der Waals surface area contributed by atoms with Gasteiger partial charge in [0.05, 0.1) is 9.92 Å². The van der Waals surface area contributed by atoms with Gasteiger partial charge in [0, 0.05) is 4.47 Å². The van der Waals surface area contributed by atoms with E-state index in [4.69, 9.17) is 11.6 Å². The minimum atomic E-state index is -2.59. The first-order chi connectivity index (χ1) is 5.11. The van der Waals surface area contributed by atoms with E-state index in [-0.39, 0.29) is 9.92 Å². The lowest BCUT2D eigenvalue weighted by atomic mass is 10.4. The summed E-state index contributed by atoms with van der Waals surface area (Å²) < 4.78 is 21.7. The summed E-state index contributed by atoms with van der Waals surface area (Å²) in [4.78, 5) is 0.149. The zero-order valence-corrected chi connectivity index (χ0v) is 8.49. The van der Waals surface area contributed by atoms with Crippen LogP contribution in [-0.4, -0.2) is 8.42 Å². The van der Waals surface area contributed by atoms with Gasteiger partial charge in [-0.05, 0) is 18.2 Å². The van der Waals surface area contributed by atoms with Crippen molar-refractivity contribution < 1.29 is 8.42 Å². The van der Waals surface area contributed by atoms with E-state index in [1.807, 2.05) is 0 Å². The SMILES string of the molecule is O=[SH](=O)c1cc(Br)ccc1Cl. The molecule has 1 aromatic carbocycles. The maximum Gasteiger partial charge on any atom is 0.169 e. The van der Waals surface area contributed by atoms with Crippen LogP contribution in [0.5, 0.6) is 0 Å². The van der Waals surface area contributed by atoms with Crippen LogP contribution in [0.4, 0.5) is 0 Å². The molecule has 0 atom stereocenters. The fraction of sp³-hybridized carbons (Fsp3) is 0. The van der Waals surface area contributed by atoms with Crippen molar-refractivity contribution in [2.45, 2.75) is 4.90 Å². The minimum absolute atomic E-state index is 0.149. The molecule has 0 aliphatic heterocycles. The van der Waals surface area contributed by atoms with E-state index in [9.17, 15) is 8.42 Å². The van der Waals surface area contributed by atoms with Crippen molar-refractivity contribution in [3.8, 4) is 0 Å². The number of hydrogen-bond donors (Lipinski definition) is 1. The third-order valence-corrected chi connectivity index (χ3v) is 2.82. The standard InChI is InChI=1S/C6H4BrClO2S/c7-4-1-2-5(8)6(3-4)11(9)10/h1-3,11H. The van der Waals surface area contributed by atoms with E-state index >= 15 is 0 Å². The Bertz CT molecular complexity index is 340. The summed E-state index contributed by atoms with van der Waals surface area (Å²) in [6.07, 6.45) is 0. The Kier molecular flexibility index (Phi) is 2.92. The lowest BCUT2D eigenvalue weighted by Gasteiger charge is -1.94. The highest BCUT2D eigenvalue weighted by Crippen LogP contribution is 2.21. The van der Waals surface area contributed by atoms with Crippen molar-refractivity contribution in [3.63, 3.8) is 0 Å². The van der Waals surface area contributed by atoms with Crippen molar-refractivity contribution in [2.75, 3.05) is 0 Å². The molecule has 1 rings (SSSR count). The van der Waals surface area contributed by atoms with E-state index in [1.165, 1.54) is 12.1 Å². The van der Waals surface area contributed by atoms with Gasteiger partial charge in [0.15, 0.2) is 10.7 Å². The molecule has 0 saturated heterocycles. The van der Waals surface area contributed by atoms with Crippen LogP contribution in [0.3, 0.4) is 0 Å². The lowest BCUT2D eigenvalue weighted by molar-refractivity contribution is 0.614. The van der Waals surface area contributed by atoms with E-state index in [0.717, 1.165) is 0 Å². The summed E-state index contributed by atoms with van der Waals surface area (Å²) in [7, 11) is -2.59. The number of hydrogen-bond acceptors (Lipinski definition) is 2. The number of halogens is 2. The molecule has 0 saturated carbocycles. The fourth-order valence-corrected chi connectivity index (χ4v) is 1.98. The van der Waals surface area contributed by atoms with Crippen molar-refractivity contribution in [3.05, 3.63) is 27.7 Å². The van der Waals surface area contributed by atoms with Gasteiger partial charge in [-0.25, -0.2) is 8.42 Å². The van der Waals surface area contributed by atoms with Crippen LogP contribution in [0.1, 0.15) is 0 Å². The maximum atomic E-state index is 10.5. The first kappa shape index (κ1) is 9.03. The fourth-order valence-electron chi connectivity index (χ4n) is 0.626. The summed E-state index contributed by atoms with van der Waals surface area (Å²) in [5.41, 5.74) is 0. The summed E-state index contributed by atoms with van der Waals surface area (Å²) >= 11 is 8.73. The predicted molar refractivity (Wildman–Crippen MR) is 47.7 cm³/mol. The first-order valence-corrected chi connectivity index (χ1v) is 5.05. The first-order valence-electron chi connectivity index (χ1n) is 2.70. The molecule has 0 unspecified atom stereocenters. The van der Waals surface area contributed by atoms with Crippen LogP contribution in [-0.2, 0) is 10.7 Å². The topological polar surface area (TPSA) is 34.1 Å². The molecule has 0 aromatic heterocycles. The molecule has 11 heavy (non-hydrogen) atoms. The monoisotopic (exact) mass is 254 g/mol. The van der Waals surface area contributed by atoms with Crippen LogP contribution >= 0.6 is 27.5 Å². The summed E-state index contributed by atoms with van der Waals surface area (Å²) in [6, 6.07) is 4.69. The second kappa shape index (κ2) is 3.56. The summed E-state index contributed by atoms with van der Waals surface area (Å²) in [5, 5.41) is 0.254. The molecule has 2 nitrogen and oxygen atoms in total. The van der Waals surface area contributed by atoms with E-state index in [2.05, 4.69) is 15.9 Å². The molecule has 0 heterocycles. The average Bonchev–Trinajstić information content (AvgIpc) is 1.94. The summed E-state index contributed by atoms with van der Waals surface area (Å²) in [6.45, 7) is 0. The molecule has 0 spiro atoms. The number of thiol groups is 1. The predicted octanol–water partition coefficient (Wildman–Crippen LogP) is 2.07. The average molecular weight is 256 g/mol. The smallest absolute Gasteiger partial charge is 0.169 e. The van der Waals surface area contributed by atoms with Gasteiger partial charge in [0.25, 0.3) is 0 Å². The van der Waals surface area contributed by atoms with Gasteiger partial charge >= 0.3 is 0 Å². The highest BCUT2D eigenvalue weighted by Gasteiger charge is 2.01. The molecule has 0 N–H and O–H groups in total. The van der Waals surface area contributed by atoms with E-state index in [1.54, 1.807) is 6.07 Å². The quantitative estimate of drug-likeness (QED) is 0.780. The van der Waals surface area contributed by atoms with Crippen LogP contribution < -0.4 is 0 Å². The Morgan fingerprint density at radius 1 is 1.36 bits per heavy atom. The third kappa shape index (κ3) is 2.18. The molecule has 0 amide bonds. The highest BCUT2D eigenvalue weighted by molar-refractivity contribution is 9.10. The second-order valence-corrected chi connectivity index (χ2v) is 4.17. The molecule has 0 aliphatic rings. The van der Waals surface area contributed by atoms with Gasteiger partial charge in [-0.1, -0.05) is 27.5 Å². The molecule has 1 aromatic rings. The second-order valence-electron chi connectivity index (χ2n) is 1.85. The van der Waals surface area contributed by atoms with Crippen molar-refractivity contribution >= 4 is 38.2 Å². The number of benzene rings is 1. The van der Waals surface area contributed by atoms with Crippen molar-refractivity contribution in [1.82, 2.24) is 0 Å². The normalized spacial score (nSPS) is 10.5. The van der Waals surface area contributed by atoms with Gasteiger partial charge in [0.1, 0.15) is 0 Å². The zero-order valence-electron chi connectivity index (χ0n) is 5.25. The van der Waals surface area contributed by atoms with Crippen LogP contribution in [0.2, 0.25) is 5.02 Å².